The van der Waals surface area contributed by atoms with E-state index < -0.39 is 6.10 Å². The van der Waals surface area contributed by atoms with Crippen molar-refractivity contribution in [1.29, 1.82) is 0 Å². The van der Waals surface area contributed by atoms with Crippen LogP contribution in [0.3, 0.4) is 0 Å². The Balaban J connectivity index is 0.00000256. The number of hydrogen-bond acceptors (Lipinski definition) is 4. The normalized spacial score (nSPS) is 25.4. The highest BCUT2D eigenvalue weighted by molar-refractivity contribution is 5.94. The molecule has 1 amide bonds. The molecule has 0 radical (unpaired) electrons. The Morgan fingerprint density at radius 2 is 1.70 bits per heavy atom. The van der Waals surface area contributed by atoms with Crippen LogP contribution in [-0.2, 0) is 6.42 Å². The van der Waals surface area contributed by atoms with Gasteiger partial charge in [-0.2, -0.15) is 0 Å². The summed E-state index contributed by atoms with van der Waals surface area (Å²) in [5.74, 6) is 0.840. The van der Waals surface area contributed by atoms with Crippen LogP contribution in [-0.4, -0.2) is 47.8 Å². The number of aliphatic hydroxyl groups excluding tert-OH is 1. The zero-order valence-corrected chi connectivity index (χ0v) is 17.6. The molecular weight excluding hydrogens is 407 g/mol. The first-order chi connectivity index (χ1) is 14.0. The highest BCUT2D eigenvalue weighted by atomic mass is 35.5. The predicted octanol–water partition coefficient (Wildman–Crippen LogP) is 3.04. The van der Waals surface area contributed by atoms with E-state index in [2.05, 4.69) is 0 Å². The molecule has 2 aromatic rings. The number of fused-ring (bicyclic) bond motifs is 1. The summed E-state index contributed by atoms with van der Waals surface area (Å²) in [7, 11) is 0. The SMILES string of the molecule is Cl.NCCc1ccc(C(=O)N2C[C@H]3C[C@@H](Oc4ccc(F)cc4)[C@H](O)C[C@H]3C2)cc1. The summed E-state index contributed by atoms with van der Waals surface area (Å²) in [5.41, 5.74) is 7.39. The molecule has 0 unspecified atom stereocenters. The van der Waals surface area contributed by atoms with Gasteiger partial charge in [-0.3, -0.25) is 4.79 Å². The largest absolute Gasteiger partial charge is 0.488 e. The van der Waals surface area contributed by atoms with Crippen molar-refractivity contribution < 1.29 is 19.0 Å². The maximum absolute atomic E-state index is 13.1. The number of carbonyl (C=O) groups excluding carboxylic acids is 1. The molecule has 1 aliphatic carbocycles. The number of ether oxygens (including phenoxy) is 1. The van der Waals surface area contributed by atoms with Crippen molar-refractivity contribution >= 4 is 18.3 Å². The third-order valence-electron chi connectivity index (χ3n) is 6.11. The number of likely N-dealkylation sites (tertiary alicyclic amines) is 1. The van der Waals surface area contributed by atoms with Gasteiger partial charge in [0, 0.05) is 18.7 Å². The van der Waals surface area contributed by atoms with Gasteiger partial charge < -0.3 is 20.5 Å². The van der Waals surface area contributed by atoms with E-state index in [0.29, 0.717) is 49.7 Å². The van der Waals surface area contributed by atoms with Gasteiger partial charge in [-0.25, -0.2) is 4.39 Å². The van der Waals surface area contributed by atoms with Gasteiger partial charge in [-0.1, -0.05) is 12.1 Å². The van der Waals surface area contributed by atoms with Crippen molar-refractivity contribution in [2.75, 3.05) is 19.6 Å². The Kier molecular flexibility index (Phi) is 7.34. The fraction of sp³-hybridized carbons (Fsp3) is 0.435. The lowest BCUT2D eigenvalue weighted by Gasteiger charge is -2.35. The van der Waals surface area contributed by atoms with Crippen molar-refractivity contribution in [3.05, 3.63) is 65.5 Å². The van der Waals surface area contributed by atoms with Gasteiger partial charge in [-0.15, -0.1) is 12.4 Å². The number of nitrogens with zero attached hydrogens (tertiary/aromatic N) is 1. The number of hydrogen-bond donors (Lipinski definition) is 2. The van der Waals surface area contributed by atoms with E-state index in [1.807, 2.05) is 29.2 Å². The van der Waals surface area contributed by atoms with Gasteiger partial charge in [0.05, 0.1) is 6.10 Å². The molecule has 2 aliphatic rings. The smallest absolute Gasteiger partial charge is 0.253 e. The van der Waals surface area contributed by atoms with Crippen LogP contribution in [0, 0.1) is 17.7 Å². The van der Waals surface area contributed by atoms with Crippen LogP contribution in [0.15, 0.2) is 48.5 Å². The highest BCUT2D eigenvalue weighted by Gasteiger charge is 2.44. The van der Waals surface area contributed by atoms with Crippen LogP contribution >= 0.6 is 12.4 Å². The van der Waals surface area contributed by atoms with Crippen LogP contribution in [0.5, 0.6) is 5.75 Å². The summed E-state index contributed by atoms with van der Waals surface area (Å²) in [6.45, 7) is 1.92. The maximum atomic E-state index is 13.1. The van der Waals surface area contributed by atoms with Crippen molar-refractivity contribution in [2.24, 2.45) is 17.6 Å². The molecule has 7 heteroatoms. The standard InChI is InChI=1S/C23H27FN2O3.ClH/c24-19-5-7-20(8-6-19)29-22-12-18-14-26(13-17(18)11-21(22)27)23(28)16-3-1-15(2-4-16)9-10-25;/h1-8,17-18,21-22,27H,9-14,25H2;1H/t17-,18+,21+,22+;/m0./s1. The van der Waals surface area contributed by atoms with Gasteiger partial charge in [0.2, 0.25) is 0 Å². The van der Waals surface area contributed by atoms with Crippen molar-refractivity contribution in [3.8, 4) is 5.75 Å². The lowest BCUT2D eigenvalue weighted by Crippen LogP contribution is -2.42. The van der Waals surface area contributed by atoms with E-state index in [9.17, 15) is 14.3 Å². The number of carbonyl (C=O) groups is 1. The second-order valence-electron chi connectivity index (χ2n) is 8.11. The van der Waals surface area contributed by atoms with Crippen LogP contribution < -0.4 is 10.5 Å². The summed E-state index contributed by atoms with van der Waals surface area (Å²) in [4.78, 5) is 14.8. The third kappa shape index (κ3) is 4.94. The quantitative estimate of drug-likeness (QED) is 0.758. The Bertz CT molecular complexity index is 847. The summed E-state index contributed by atoms with van der Waals surface area (Å²) in [6, 6.07) is 13.5. The minimum atomic E-state index is -0.591. The molecule has 0 spiro atoms. The van der Waals surface area contributed by atoms with Crippen LogP contribution in [0.25, 0.3) is 0 Å². The summed E-state index contributed by atoms with van der Waals surface area (Å²) < 4.78 is 19.0. The molecule has 0 bridgehead atoms. The molecule has 162 valence electrons. The van der Waals surface area contributed by atoms with E-state index in [1.54, 1.807) is 12.1 Å². The first kappa shape index (κ1) is 22.5. The van der Waals surface area contributed by atoms with Crippen LogP contribution in [0.1, 0.15) is 28.8 Å². The number of amides is 1. The van der Waals surface area contributed by atoms with Crippen molar-refractivity contribution in [2.45, 2.75) is 31.5 Å². The van der Waals surface area contributed by atoms with Gasteiger partial charge in [-0.05, 0) is 79.6 Å². The molecule has 1 heterocycles. The number of aliphatic hydroxyl groups is 1. The molecular formula is C23H28ClFN2O3. The second kappa shape index (κ2) is 9.77. The zero-order valence-electron chi connectivity index (χ0n) is 16.7. The summed E-state index contributed by atoms with van der Waals surface area (Å²) in [6.07, 6.45) is 1.16. The lowest BCUT2D eigenvalue weighted by atomic mass is 9.78. The molecule has 30 heavy (non-hydrogen) atoms. The lowest BCUT2D eigenvalue weighted by molar-refractivity contribution is -0.0231. The van der Waals surface area contributed by atoms with Crippen LogP contribution in [0.2, 0.25) is 0 Å². The minimum absolute atomic E-state index is 0. The Morgan fingerprint density at radius 1 is 1.07 bits per heavy atom. The minimum Gasteiger partial charge on any atom is -0.488 e. The zero-order chi connectivity index (χ0) is 20.4. The fourth-order valence-corrected chi connectivity index (χ4v) is 4.53. The molecule has 2 aromatic carbocycles. The van der Waals surface area contributed by atoms with Gasteiger partial charge in [0.1, 0.15) is 17.7 Å². The van der Waals surface area contributed by atoms with Gasteiger partial charge in [0.25, 0.3) is 5.91 Å². The fourth-order valence-electron chi connectivity index (χ4n) is 4.53. The summed E-state index contributed by atoms with van der Waals surface area (Å²) in [5, 5.41) is 10.5. The maximum Gasteiger partial charge on any atom is 0.253 e. The molecule has 1 saturated carbocycles. The second-order valence-corrected chi connectivity index (χ2v) is 8.11. The van der Waals surface area contributed by atoms with E-state index in [4.69, 9.17) is 10.5 Å². The Hall–Kier alpha value is -2.15. The molecule has 3 N–H and O–H groups in total. The number of nitrogens with two attached hydrogens (primary N) is 1. The molecule has 4 rings (SSSR count). The topological polar surface area (TPSA) is 75.8 Å². The third-order valence-corrected chi connectivity index (χ3v) is 6.11. The average Bonchev–Trinajstić information content (AvgIpc) is 3.13. The molecule has 1 saturated heterocycles. The molecule has 0 aromatic heterocycles. The average molecular weight is 435 g/mol. The van der Waals surface area contributed by atoms with Crippen molar-refractivity contribution in [1.82, 2.24) is 4.90 Å². The van der Waals surface area contributed by atoms with E-state index in [0.717, 1.165) is 12.0 Å². The van der Waals surface area contributed by atoms with E-state index in [1.165, 1.54) is 12.1 Å². The first-order valence-corrected chi connectivity index (χ1v) is 10.2. The van der Waals surface area contributed by atoms with Gasteiger partial charge in [0.15, 0.2) is 0 Å². The molecule has 2 fully saturated rings. The van der Waals surface area contributed by atoms with Crippen LogP contribution in [0.4, 0.5) is 4.39 Å². The number of benzene rings is 2. The molecule has 1 aliphatic heterocycles. The van der Waals surface area contributed by atoms with Crippen molar-refractivity contribution in [3.63, 3.8) is 0 Å². The Morgan fingerprint density at radius 3 is 2.33 bits per heavy atom. The Labute approximate surface area is 182 Å². The van der Waals surface area contributed by atoms with Gasteiger partial charge >= 0.3 is 0 Å². The molecule has 5 nitrogen and oxygen atoms in total. The predicted molar refractivity (Wildman–Crippen MR) is 115 cm³/mol. The monoisotopic (exact) mass is 434 g/mol. The summed E-state index contributed by atoms with van der Waals surface area (Å²) >= 11 is 0. The number of rotatable bonds is 5. The van der Waals surface area contributed by atoms with E-state index >= 15 is 0 Å². The first-order valence-electron chi connectivity index (χ1n) is 10.2. The highest BCUT2D eigenvalue weighted by Crippen LogP contribution is 2.38. The number of halogens is 2. The van der Waals surface area contributed by atoms with E-state index in [-0.39, 0.29) is 36.2 Å². The molecule has 4 atom stereocenters.